The maximum absolute atomic E-state index is 12.0. The molecule has 1 unspecified atom stereocenters. The minimum atomic E-state index is -4.13. The normalized spacial score (nSPS) is 14.3. The molecule has 19 heavy (non-hydrogen) atoms. The van der Waals surface area contributed by atoms with E-state index in [1.54, 1.807) is 7.05 Å². The van der Waals surface area contributed by atoms with Gasteiger partial charge in [0.25, 0.3) is 0 Å². The van der Waals surface area contributed by atoms with Crippen molar-refractivity contribution in [3.63, 3.8) is 0 Å². The lowest BCUT2D eigenvalue weighted by Crippen LogP contribution is -2.41. The van der Waals surface area contributed by atoms with Crippen LogP contribution in [-0.2, 0) is 0 Å². The van der Waals surface area contributed by atoms with Gasteiger partial charge in [0, 0.05) is 20.1 Å². The quantitative estimate of drug-likeness (QED) is 0.529. The fourth-order valence-corrected chi connectivity index (χ4v) is 1.73. The van der Waals surface area contributed by atoms with Crippen molar-refractivity contribution in [2.75, 3.05) is 20.1 Å². The maximum Gasteiger partial charge on any atom is 0.390 e. The zero-order chi connectivity index (χ0) is 14.7. The molecule has 0 aliphatic carbocycles. The molecule has 0 radical (unpaired) electrons. The molecule has 0 aliphatic rings. The summed E-state index contributed by atoms with van der Waals surface area (Å²) in [5.41, 5.74) is 0. The van der Waals surface area contributed by atoms with Crippen molar-refractivity contribution >= 4 is 5.96 Å². The molecule has 0 fully saturated rings. The predicted molar refractivity (Wildman–Crippen MR) is 73.3 cm³/mol. The Labute approximate surface area is 114 Å². The molecule has 6 heteroatoms. The second kappa shape index (κ2) is 9.92. The lowest BCUT2D eigenvalue weighted by molar-refractivity contribution is -0.132. The summed E-state index contributed by atoms with van der Waals surface area (Å²) in [6, 6.07) is 0. The van der Waals surface area contributed by atoms with Gasteiger partial charge in [0.05, 0.1) is 6.42 Å². The smallest absolute Gasteiger partial charge is 0.356 e. The van der Waals surface area contributed by atoms with Gasteiger partial charge in [-0.1, -0.05) is 33.1 Å². The second-order valence-electron chi connectivity index (χ2n) is 4.66. The van der Waals surface area contributed by atoms with Crippen LogP contribution in [-0.4, -0.2) is 32.3 Å². The van der Waals surface area contributed by atoms with Crippen molar-refractivity contribution in [1.82, 2.24) is 10.6 Å². The molecule has 0 saturated heterocycles. The van der Waals surface area contributed by atoms with Gasteiger partial charge < -0.3 is 10.6 Å². The first kappa shape index (κ1) is 18.1. The van der Waals surface area contributed by atoms with E-state index in [0.29, 0.717) is 11.9 Å². The Kier molecular flexibility index (Phi) is 9.43. The first-order chi connectivity index (χ1) is 8.92. The van der Waals surface area contributed by atoms with E-state index < -0.39 is 12.6 Å². The molecular formula is C13H26F3N3. The first-order valence-corrected chi connectivity index (χ1v) is 6.94. The van der Waals surface area contributed by atoms with Crippen LogP contribution >= 0.6 is 0 Å². The Morgan fingerprint density at radius 2 is 1.89 bits per heavy atom. The van der Waals surface area contributed by atoms with Crippen LogP contribution in [0.5, 0.6) is 0 Å². The molecule has 0 rings (SSSR count). The van der Waals surface area contributed by atoms with E-state index >= 15 is 0 Å². The van der Waals surface area contributed by atoms with Crippen molar-refractivity contribution in [1.29, 1.82) is 0 Å². The number of guanidine groups is 1. The van der Waals surface area contributed by atoms with Gasteiger partial charge in [0.15, 0.2) is 5.96 Å². The van der Waals surface area contributed by atoms with Crippen LogP contribution in [0.3, 0.4) is 0 Å². The zero-order valence-electron chi connectivity index (χ0n) is 12.1. The molecule has 0 aliphatic heterocycles. The number of hydrogen-bond donors (Lipinski definition) is 2. The number of hydrogen-bond acceptors (Lipinski definition) is 1. The van der Waals surface area contributed by atoms with Gasteiger partial charge in [-0.05, 0) is 12.3 Å². The SMILES string of the molecule is CCCCC(CC)CNC(=NC)NCCC(F)(F)F. The van der Waals surface area contributed by atoms with Crippen LogP contribution in [0.25, 0.3) is 0 Å². The lowest BCUT2D eigenvalue weighted by atomic mass is 9.99. The van der Waals surface area contributed by atoms with Crippen LogP contribution in [0.2, 0.25) is 0 Å². The minimum Gasteiger partial charge on any atom is -0.356 e. The molecule has 0 spiro atoms. The third-order valence-electron chi connectivity index (χ3n) is 3.03. The second-order valence-corrected chi connectivity index (χ2v) is 4.66. The van der Waals surface area contributed by atoms with E-state index in [0.717, 1.165) is 25.8 Å². The summed E-state index contributed by atoms with van der Waals surface area (Å²) in [5.74, 6) is 0.986. The number of halogens is 3. The summed E-state index contributed by atoms with van der Waals surface area (Å²) < 4.78 is 36.1. The van der Waals surface area contributed by atoms with Crippen LogP contribution in [0, 0.1) is 5.92 Å². The summed E-state index contributed by atoms with van der Waals surface area (Å²) in [7, 11) is 1.57. The minimum absolute atomic E-state index is 0.144. The third-order valence-corrected chi connectivity index (χ3v) is 3.03. The van der Waals surface area contributed by atoms with Gasteiger partial charge in [0.1, 0.15) is 0 Å². The highest BCUT2D eigenvalue weighted by Gasteiger charge is 2.26. The fourth-order valence-electron chi connectivity index (χ4n) is 1.73. The summed E-state index contributed by atoms with van der Waals surface area (Å²) >= 11 is 0. The molecule has 0 aromatic rings. The molecule has 0 aromatic carbocycles. The molecule has 0 aromatic heterocycles. The molecule has 3 nitrogen and oxygen atoms in total. The van der Waals surface area contributed by atoms with Gasteiger partial charge >= 0.3 is 6.18 Å². The number of rotatable bonds is 8. The highest BCUT2D eigenvalue weighted by molar-refractivity contribution is 5.79. The number of unbranched alkanes of at least 4 members (excludes halogenated alkanes) is 1. The van der Waals surface area contributed by atoms with E-state index in [2.05, 4.69) is 29.5 Å². The van der Waals surface area contributed by atoms with Gasteiger partial charge in [-0.2, -0.15) is 13.2 Å². The van der Waals surface area contributed by atoms with Crippen LogP contribution in [0.1, 0.15) is 46.0 Å². The van der Waals surface area contributed by atoms with E-state index in [1.165, 1.54) is 6.42 Å². The standard InChI is InChI=1S/C13H26F3N3/c1-4-6-7-11(5-2)10-19-12(17-3)18-9-8-13(14,15)16/h11H,4-10H2,1-3H3,(H2,17,18,19). The molecular weight excluding hydrogens is 255 g/mol. The van der Waals surface area contributed by atoms with E-state index in [1.807, 2.05) is 0 Å². The zero-order valence-corrected chi connectivity index (χ0v) is 12.1. The monoisotopic (exact) mass is 281 g/mol. The molecule has 0 saturated carbocycles. The molecule has 0 bridgehead atoms. The third kappa shape index (κ3) is 10.7. The van der Waals surface area contributed by atoms with Crippen molar-refractivity contribution in [2.45, 2.75) is 52.1 Å². The average Bonchev–Trinajstić information content (AvgIpc) is 2.35. The van der Waals surface area contributed by atoms with Gasteiger partial charge in [-0.25, -0.2) is 0 Å². The Balaban J connectivity index is 3.92. The van der Waals surface area contributed by atoms with Gasteiger partial charge in [-0.15, -0.1) is 0 Å². The number of nitrogens with zero attached hydrogens (tertiary/aromatic N) is 1. The Hall–Kier alpha value is -0.940. The van der Waals surface area contributed by atoms with Crippen molar-refractivity contribution in [3.8, 4) is 0 Å². The highest BCUT2D eigenvalue weighted by atomic mass is 19.4. The van der Waals surface area contributed by atoms with Crippen LogP contribution in [0.15, 0.2) is 4.99 Å². The lowest BCUT2D eigenvalue weighted by Gasteiger charge is -2.18. The highest BCUT2D eigenvalue weighted by Crippen LogP contribution is 2.18. The fraction of sp³-hybridized carbons (Fsp3) is 0.923. The molecule has 2 N–H and O–H groups in total. The van der Waals surface area contributed by atoms with Crippen molar-refractivity contribution in [3.05, 3.63) is 0 Å². The molecule has 0 heterocycles. The topological polar surface area (TPSA) is 36.4 Å². The Morgan fingerprint density at radius 3 is 2.37 bits per heavy atom. The largest absolute Gasteiger partial charge is 0.390 e. The number of alkyl halides is 3. The first-order valence-electron chi connectivity index (χ1n) is 6.94. The van der Waals surface area contributed by atoms with E-state index in [9.17, 15) is 13.2 Å². The summed E-state index contributed by atoms with van der Waals surface area (Å²) in [6.45, 7) is 4.89. The number of aliphatic imine (C=N–C) groups is 1. The Bertz CT molecular complexity index is 252. The average molecular weight is 281 g/mol. The molecule has 0 amide bonds. The van der Waals surface area contributed by atoms with Crippen molar-refractivity contribution < 1.29 is 13.2 Å². The summed E-state index contributed by atoms with van der Waals surface area (Å²) in [4.78, 5) is 3.92. The summed E-state index contributed by atoms with van der Waals surface area (Å²) in [6.07, 6.45) is -0.429. The predicted octanol–water partition coefficient (Wildman–Crippen LogP) is 3.32. The van der Waals surface area contributed by atoms with E-state index in [4.69, 9.17) is 0 Å². The van der Waals surface area contributed by atoms with Gasteiger partial charge in [-0.3, -0.25) is 4.99 Å². The van der Waals surface area contributed by atoms with Crippen LogP contribution < -0.4 is 10.6 Å². The number of nitrogens with one attached hydrogen (secondary N) is 2. The maximum atomic E-state index is 12.0. The Morgan fingerprint density at radius 1 is 1.21 bits per heavy atom. The van der Waals surface area contributed by atoms with Gasteiger partial charge in [0.2, 0.25) is 0 Å². The molecule has 114 valence electrons. The summed E-state index contributed by atoms with van der Waals surface area (Å²) in [5, 5.41) is 5.77. The van der Waals surface area contributed by atoms with Crippen molar-refractivity contribution in [2.24, 2.45) is 10.9 Å². The van der Waals surface area contributed by atoms with E-state index in [-0.39, 0.29) is 6.54 Å². The van der Waals surface area contributed by atoms with Crippen LogP contribution in [0.4, 0.5) is 13.2 Å². The molecule has 1 atom stereocenters.